The summed E-state index contributed by atoms with van der Waals surface area (Å²) in [5.74, 6) is 2.09. The van der Waals surface area contributed by atoms with Gasteiger partial charge in [-0.25, -0.2) is 0 Å². The Morgan fingerprint density at radius 3 is 0.902 bits per heavy atom. The summed E-state index contributed by atoms with van der Waals surface area (Å²) in [5, 5.41) is 0. The van der Waals surface area contributed by atoms with Crippen molar-refractivity contribution in [2.45, 2.75) is 213 Å². The molecule has 0 unspecified atom stereocenters. The van der Waals surface area contributed by atoms with E-state index in [9.17, 15) is 0 Å². The molecule has 3 nitrogen and oxygen atoms in total. The molecule has 0 aliphatic heterocycles. The van der Waals surface area contributed by atoms with Crippen molar-refractivity contribution in [2.24, 2.45) is 0 Å². The summed E-state index contributed by atoms with van der Waals surface area (Å²) < 4.78 is 27.1. The fourth-order valence-electron chi connectivity index (χ4n) is 7.27. The molecule has 2 aromatic rings. The standard InChI is InChI=1S/2C15H24O.4C4H9.O.2Sn/c2*1-2-3-4-5-6-7-8-9-14-10-12-15(16)13-11-14;4*1-3-4-2;;;/h2*10-13,16H,2-9H2,1H3;4*1,3-4H2,2H3;;;/q;;;;;;;2*+1/p-2. The molecule has 0 atom stereocenters. The number of unbranched alkanes of at least 4 members (excludes halogenated alkanes) is 16. The average Bonchev–Trinajstić information content (AvgIpc) is 3.15. The quantitative estimate of drug-likeness (QED) is 0.0517. The van der Waals surface area contributed by atoms with Gasteiger partial charge in [0.1, 0.15) is 0 Å². The van der Waals surface area contributed by atoms with Crippen LogP contribution < -0.4 is 6.15 Å². The van der Waals surface area contributed by atoms with Crippen LogP contribution in [0.5, 0.6) is 11.5 Å². The molecule has 0 aromatic heterocycles. The normalized spacial score (nSPS) is 12.0. The second-order valence-corrected chi connectivity index (χ2v) is 37.3. The number of rotatable bonds is 34. The summed E-state index contributed by atoms with van der Waals surface area (Å²) in [5.41, 5.74) is 2.89. The molecule has 0 spiro atoms. The molecular formula is C46H82O3Sn2. The minimum absolute atomic E-state index is 1.04. The predicted octanol–water partition coefficient (Wildman–Crippen LogP) is 15.8. The Morgan fingerprint density at radius 1 is 0.333 bits per heavy atom. The topological polar surface area (TPSA) is 27.7 Å². The molecule has 292 valence electrons. The molecule has 0 radical (unpaired) electrons. The molecule has 0 aliphatic rings. The van der Waals surface area contributed by atoms with Crippen molar-refractivity contribution in [3.05, 3.63) is 59.7 Å². The summed E-state index contributed by atoms with van der Waals surface area (Å²) in [6.07, 6.45) is 30.8. The second-order valence-electron chi connectivity index (χ2n) is 15.6. The molecule has 0 N–H and O–H groups in total. The second kappa shape index (κ2) is 29.9. The first-order chi connectivity index (χ1) is 25.0. The third-order valence-corrected chi connectivity index (χ3v) is 43.2. The van der Waals surface area contributed by atoms with Crippen molar-refractivity contribution in [3.8, 4) is 11.5 Å². The van der Waals surface area contributed by atoms with Crippen LogP contribution in [0.15, 0.2) is 48.5 Å². The van der Waals surface area contributed by atoms with Crippen LogP contribution in [0.25, 0.3) is 0 Å². The predicted molar refractivity (Wildman–Crippen MR) is 229 cm³/mol. The van der Waals surface area contributed by atoms with Gasteiger partial charge in [0.2, 0.25) is 0 Å². The Morgan fingerprint density at radius 2 is 0.608 bits per heavy atom. The van der Waals surface area contributed by atoms with Crippen LogP contribution in [0.4, 0.5) is 0 Å². The van der Waals surface area contributed by atoms with Crippen LogP contribution in [-0.4, -0.2) is 38.4 Å². The van der Waals surface area contributed by atoms with E-state index >= 15 is 0 Å². The van der Waals surface area contributed by atoms with E-state index in [0.29, 0.717) is 0 Å². The van der Waals surface area contributed by atoms with Crippen molar-refractivity contribution in [1.29, 1.82) is 0 Å². The molecule has 51 heavy (non-hydrogen) atoms. The molecule has 0 aliphatic carbocycles. The first kappa shape index (κ1) is 46.8. The van der Waals surface area contributed by atoms with Gasteiger partial charge in [0.05, 0.1) is 0 Å². The Kier molecular flexibility index (Phi) is 27.4. The first-order valence-electron chi connectivity index (χ1n) is 22.2. The molecule has 5 heteroatoms. The number of hydrogen-bond acceptors (Lipinski definition) is 3. The van der Waals surface area contributed by atoms with E-state index in [4.69, 9.17) is 7.56 Å². The third-order valence-electron chi connectivity index (χ3n) is 10.6. The van der Waals surface area contributed by atoms with Crippen molar-refractivity contribution in [2.75, 3.05) is 0 Å². The monoisotopic (exact) mass is 922 g/mol. The third kappa shape index (κ3) is 20.7. The molecule has 2 rings (SSSR count). The molecule has 0 fully saturated rings. The Hall–Kier alpha value is -0.403. The Bertz CT molecular complexity index is 969. The van der Waals surface area contributed by atoms with Crippen molar-refractivity contribution < 1.29 is 7.56 Å². The summed E-state index contributed by atoms with van der Waals surface area (Å²) in [7, 11) is 0. The Labute approximate surface area is 328 Å². The van der Waals surface area contributed by atoms with Gasteiger partial charge in [-0.3, -0.25) is 0 Å². The summed E-state index contributed by atoms with van der Waals surface area (Å²) in [6.45, 7) is 13.9. The molecule has 2 aromatic carbocycles. The van der Waals surface area contributed by atoms with Crippen molar-refractivity contribution in [3.63, 3.8) is 0 Å². The van der Waals surface area contributed by atoms with Gasteiger partial charge < -0.3 is 0 Å². The zero-order chi connectivity index (χ0) is 36.9. The van der Waals surface area contributed by atoms with Crippen molar-refractivity contribution >= 4 is 38.4 Å². The summed E-state index contributed by atoms with van der Waals surface area (Å²) >= 11 is -7.24. The van der Waals surface area contributed by atoms with E-state index < -0.39 is 38.4 Å². The fourth-order valence-corrected chi connectivity index (χ4v) is 49.0. The summed E-state index contributed by atoms with van der Waals surface area (Å²) in [6, 6.07) is 18.4. The van der Waals surface area contributed by atoms with E-state index in [1.165, 1.54) is 165 Å². The van der Waals surface area contributed by atoms with Gasteiger partial charge in [0.25, 0.3) is 0 Å². The van der Waals surface area contributed by atoms with E-state index in [1.54, 1.807) is 0 Å². The first-order valence-corrected chi connectivity index (χ1v) is 35.0. The summed E-state index contributed by atoms with van der Waals surface area (Å²) in [4.78, 5) is 0. The van der Waals surface area contributed by atoms with E-state index in [1.807, 2.05) is 0 Å². The van der Waals surface area contributed by atoms with Gasteiger partial charge in [-0.15, -0.1) is 0 Å². The molecule has 0 heterocycles. The SMILES string of the molecule is CCCCCCCCCc1ccc([O][Sn]([CH2]CCC)([CH2]CCC)[O][Sn]([CH2]CCC)([CH2]CCC)[O]c2ccc(CCCCCCCCC)cc2)cc1. The number of hydrogen-bond donors (Lipinski definition) is 0. The van der Waals surface area contributed by atoms with Crippen molar-refractivity contribution in [1.82, 2.24) is 0 Å². The maximum absolute atomic E-state index is 7.92. The van der Waals surface area contributed by atoms with Gasteiger partial charge >= 0.3 is 304 Å². The zero-order valence-electron chi connectivity index (χ0n) is 34.6. The molecule has 0 saturated carbocycles. The van der Waals surface area contributed by atoms with E-state index in [-0.39, 0.29) is 0 Å². The van der Waals surface area contributed by atoms with Gasteiger partial charge in [-0.05, 0) is 0 Å². The molecule has 0 saturated heterocycles. The van der Waals surface area contributed by atoms with Gasteiger partial charge in [-0.1, -0.05) is 26.7 Å². The Balaban J connectivity index is 2.25. The molecule has 0 amide bonds. The van der Waals surface area contributed by atoms with Crippen LogP contribution in [0.1, 0.15) is 194 Å². The van der Waals surface area contributed by atoms with Crippen LogP contribution >= 0.6 is 0 Å². The number of benzene rings is 2. The minimum atomic E-state index is -3.62. The van der Waals surface area contributed by atoms with Gasteiger partial charge in [0, 0.05) is 0 Å². The molecule has 0 bridgehead atoms. The average molecular weight is 921 g/mol. The van der Waals surface area contributed by atoms with Crippen LogP contribution in [0, 0.1) is 0 Å². The van der Waals surface area contributed by atoms with Gasteiger partial charge in [-0.2, -0.15) is 0 Å². The van der Waals surface area contributed by atoms with Crippen LogP contribution in [0.2, 0.25) is 17.7 Å². The zero-order valence-corrected chi connectivity index (χ0v) is 40.4. The van der Waals surface area contributed by atoms with Gasteiger partial charge in [0.15, 0.2) is 0 Å². The van der Waals surface area contributed by atoms with Crippen LogP contribution in [0.3, 0.4) is 0 Å². The molecular weight excluding hydrogens is 838 g/mol. The number of aryl methyl sites for hydroxylation is 2. The van der Waals surface area contributed by atoms with Crippen LogP contribution in [-0.2, 0) is 14.3 Å². The maximum atomic E-state index is 7.92. The fraction of sp³-hybridized carbons (Fsp3) is 0.739. The van der Waals surface area contributed by atoms with E-state index in [2.05, 4.69) is 90.1 Å². The van der Waals surface area contributed by atoms with E-state index in [0.717, 1.165) is 29.2 Å².